The van der Waals surface area contributed by atoms with Crippen molar-refractivity contribution in [3.63, 3.8) is 0 Å². The van der Waals surface area contributed by atoms with Gasteiger partial charge in [0.25, 0.3) is 0 Å². The lowest BCUT2D eigenvalue weighted by atomic mass is 10.1. The van der Waals surface area contributed by atoms with Gasteiger partial charge >= 0.3 is 0 Å². The molecule has 1 heterocycles. The van der Waals surface area contributed by atoms with Gasteiger partial charge < -0.3 is 10.4 Å². The van der Waals surface area contributed by atoms with Gasteiger partial charge in [-0.1, -0.05) is 41.9 Å². The van der Waals surface area contributed by atoms with E-state index in [4.69, 9.17) is 11.6 Å². The Hall–Kier alpha value is -2.14. The number of nitrogens with one attached hydrogen (secondary N) is 1. The SMILES string of the molecule is OC(CNCc1ccn(-c2ccccc2)n1)c1ccc(Cl)cc1. The van der Waals surface area contributed by atoms with Gasteiger partial charge in [0, 0.05) is 24.3 Å². The van der Waals surface area contributed by atoms with Gasteiger partial charge in [-0.2, -0.15) is 5.10 Å². The van der Waals surface area contributed by atoms with E-state index in [1.807, 2.05) is 59.4 Å². The third-order valence-electron chi connectivity index (χ3n) is 3.56. The Kier molecular flexibility index (Phi) is 5.08. The molecule has 0 radical (unpaired) electrons. The zero-order valence-electron chi connectivity index (χ0n) is 12.6. The molecule has 3 aromatic rings. The highest BCUT2D eigenvalue weighted by molar-refractivity contribution is 6.30. The van der Waals surface area contributed by atoms with Crippen molar-refractivity contribution in [2.24, 2.45) is 0 Å². The Labute approximate surface area is 140 Å². The predicted octanol–water partition coefficient (Wildman–Crippen LogP) is 3.35. The third kappa shape index (κ3) is 4.20. The first-order valence-electron chi connectivity index (χ1n) is 7.46. The summed E-state index contributed by atoms with van der Waals surface area (Å²) in [7, 11) is 0. The number of halogens is 1. The van der Waals surface area contributed by atoms with Gasteiger partial charge in [0.15, 0.2) is 0 Å². The molecule has 0 aliphatic heterocycles. The van der Waals surface area contributed by atoms with Crippen LogP contribution in [0.5, 0.6) is 0 Å². The van der Waals surface area contributed by atoms with Gasteiger partial charge in [-0.05, 0) is 35.9 Å². The van der Waals surface area contributed by atoms with Gasteiger partial charge in [-0.25, -0.2) is 4.68 Å². The summed E-state index contributed by atoms with van der Waals surface area (Å²) in [4.78, 5) is 0. The number of hydrogen-bond donors (Lipinski definition) is 2. The van der Waals surface area contributed by atoms with Crippen LogP contribution in [0.25, 0.3) is 5.69 Å². The molecule has 4 nitrogen and oxygen atoms in total. The van der Waals surface area contributed by atoms with E-state index in [-0.39, 0.29) is 0 Å². The molecule has 0 aliphatic carbocycles. The van der Waals surface area contributed by atoms with E-state index < -0.39 is 6.10 Å². The van der Waals surface area contributed by atoms with Crippen LogP contribution >= 0.6 is 11.6 Å². The Bertz CT molecular complexity index is 740. The molecule has 23 heavy (non-hydrogen) atoms. The molecule has 3 rings (SSSR count). The summed E-state index contributed by atoms with van der Waals surface area (Å²) in [5.41, 5.74) is 2.80. The van der Waals surface area contributed by atoms with E-state index in [1.165, 1.54) is 0 Å². The molecular formula is C18H18ClN3O. The van der Waals surface area contributed by atoms with Crippen molar-refractivity contribution in [3.8, 4) is 5.69 Å². The van der Waals surface area contributed by atoms with Crippen LogP contribution in [0.4, 0.5) is 0 Å². The molecule has 1 unspecified atom stereocenters. The second-order valence-corrected chi connectivity index (χ2v) is 5.72. The summed E-state index contributed by atoms with van der Waals surface area (Å²) in [5, 5.41) is 18.5. The fraction of sp³-hybridized carbons (Fsp3) is 0.167. The highest BCUT2D eigenvalue weighted by Gasteiger charge is 2.07. The molecular weight excluding hydrogens is 310 g/mol. The fourth-order valence-electron chi connectivity index (χ4n) is 2.32. The molecule has 0 amide bonds. The van der Waals surface area contributed by atoms with Crippen molar-refractivity contribution in [3.05, 3.63) is 83.1 Å². The average Bonchev–Trinajstić information content (AvgIpc) is 3.05. The van der Waals surface area contributed by atoms with Crippen molar-refractivity contribution in [2.45, 2.75) is 12.6 Å². The summed E-state index contributed by atoms with van der Waals surface area (Å²) in [6, 6.07) is 19.2. The summed E-state index contributed by atoms with van der Waals surface area (Å²) in [6.07, 6.45) is 1.37. The number of hydrogen-bond acceptors (Lipinski definition) is 3. The number of aliphatic hydroxyl groups is 1. The molecule has 5 heteroatoms. The van der Waals surface area contributed by atoms with Crippen LogP contribution in [-0.4, -0.2) is 21.4 Å². The van der Waals surface area contributed by atoms with Gasteiger partial charge in [-0.15, -0.1) is 0 Å². The van der Waals surface area contributed by atoms with Gasteiger partial charge in [0.2, 0.25) is 0 Å². The number of nitrogens with zero attached hydrogens (tertiary/aromatic N) is 2. The van der Waals surface area contributed by atoms with Crippen molar-refractivity contribution >= 4 is 11.6 Å². The lowest BCUT2D eigenvalue weighted by Crippen LogP contribution is -2.21. The molecule has 0 fully saturated rings. The fourth-order valence-corrected chi connectivity index (χ4v) is 2.45. The molecule has 2 aromatic carbocycles. The minimum atomic E-state index is -0.566. The quantitative estimate of drug-likeness (QED) is 0.730. The number of rotatable bonds is 6. The first-order chi connectivity index (χ1) is 11.2. The van der Waals surface area contributed by atoms with Crippen LogP contribution < -0.4 is 5.32 Å². The molecule has 1 atom stereocenters. The third-order valence-corrected chi connectivity index (χ3v) is 3.82. The van der Waals surface area contributed by atoms with Gasteiger partial charge in [0.1, 0.15) is 0 Å². The van der Waals surface area contributed by atoms with Crippen LogP contribution in [0.15, 0.2) is 66.9 Å². The maximum Gasteiger partial charge on any atom is 0.0914 e. The van der Waals surface area contributed by atoms with E-state index >= 15 is 0 Å². The molecule has 0 aliphatic rings. The molecule has 0 spiro atoms. The van der Waals surface area contributed by atoms with Crippen molar-refractivity contribution in [1.82, 2.24) is 15.1 Å². The average molecular weight is 328 g/mol. The van der Waals surface area contributed by atoms with Gasteiger partial charge in [0.05, 0.1) is 17.5 Å². The molecule has 118 valence electrons. The Balaban J connectivity index is 1.53. The van der Waals surface area contributed by atoms with Crippen molar-refractivity contribution < 1.29 is 5.11 Å². The summed E-state index contributed by atoms with van der Waals surface area (Å²) < 4.78 is 1.84. The summed E-state index contributed by atoms with van der Waals surface area (Å²) in [6.45, 7) is 1.06. The normalized spacial score (nSPS) is 12.3. The first kappa shape index (κ1) is 15.7. The van der Waals surface area contributed by atoms with Crippen LogP contribution in [0.1, 0.15) is 17.4 Å². The van der Waals surface area contributed by atoms with Crippen molar-refractivity contribution in [1.29, 1.82) is 0 Å². The highest BCUT2D eigenvalue weighted by atomic mass is 35.5. The largest absolute Gasteiger partial charge is 0.387 e. The molecule has 0 saturated heterocycles. The van der Waals surface area contributed by atoms with E-state index in [0.717, 1.165) is 16.9 Å². The standard InChI is InChI=1S/C18H18ClN3O/c19-15-8-6-14(7-9-15)18(23)13-20-12-16-10-11-22(21-16)17-4-2-1-3-5-17/h1-11,18,20,23H,12-13H2. The Morgan fingerprint density at radius 1 is 1.04 bits per heavy atom. The van der Waals surface area contributed by atoms with E-state index in [2.05, 4.69) is 10.4 Å². The minimum Gasteiger partial charge on any atom is -0.387 e. The number of aromatic nitrogens is 2. The van der Waals surface area contributed by atoms with Crippen LogP contribution in [-0.2, 0) is 6.54 Å². The van der Waals surface area contributed by atoms with Crippen LogP contribution in [0.3, 0.4) is 0 Å². The van der Waals surface area contributed by atoms with Crippen LogP contribution in [0, 0.1) is 0 Å². The summed E-state index contributed by atoms with van der Waals surface area (Å²) in [5.74, 6) is 0. The second kappa shape index (κ2) is 7.42. The smallest absolute Gasteiger partial charge is 0.0914 e. The molecule has 0 saturated carbocycles. The lowest BCUT2D eigenvalue weighted by molar-refractivity contribution is 0.174. The molecule has 2 N–H and O–H groups in total. The number of para-hydroxylation sites is 1. The second-order valence-electron chi connectivity index (χ2n) is 5.29. The topological polar surface area (TPSA) is 50.1 Å². The maximum absolute atomic E-state index is 10.1. The summed E-state index contributed by atoms with van der Waals surface area (Å²) >= 11 is 5.85. The monoisotopic (exact) mass is 327 g/mol. The van der Waals surface area contributed by atoms with Crippen molar-refractivity contribution in [2.75, 3.05) is 6.54 Å². The Morgan fingerprint density at radius 2 is 1.78 bits per heavy atom. The lowest BCUT2D eigenvalue weighted by Gasteiger charge is -2.11. The minimum absolute atomic E-state index is 0.458. The molecule has 0 bridgehead atoms. The first-order valence-corrected chi connectivity index (χ1v) is 7.84. The van der Waals surface area contributed by atoms with E-state index in [0.29, 0.717) is 18.1 Å². The molecule has 1 aromatic heterocycles. The number of benzene rings is 2. The van der Waals surface area contributed by atoms with E-state index in [1.54, 1.807) is 12.1 Å². The number of aliphatic hydroxyl groups excluding tert-OH is 1. The zero-order chi connectivity index (χ0) is 16.1. The Morgan fingerprint density at radius 3 is 2.52 bits per heavy atom. The van der Waals surface area contributed by atoms with E-state index in [9.17, 15) is 5.11 Å². The predicted molar refractivity (Wildman–Crippen MR) is 91.7 cm³/mol. The highest BCUT2D eigenvalue weighted by Crippen LogP contribution is 2.15. The van der Waals surface area contributed by atoms with Gasteiger partial charge in [-0.3, -0.25) is 0 Å². The van der Waals surface area contributed by atoms with Crippen LogP contribution in [0.2, 0.25) is 5.02 Å². The maximum atomic E-state index is 10.1. The zero-order valence-corrected chi connectivity index (χ0v) is 13.3.